The Morgan fingerprint density at radius 1 is 1.19 bits per heavy atom. The van der Waals surface area contributed by atoms with Gasteiger partial charge in [-0.05, 0) is 29.1 Å². The largest absolute Gasteiger partial charge is 0.475 e. The zero-order chi connectivity index (χ0) is 14.7. The molecule has 21 heavy (non-hydrogen) atoms. The zero-order valence-corrected chi connectivity index (χ0v) is 12.4. The summed E-state index contributed by atoms with van der Waals surface area (Å²) >= 11 is 1.69. The number of hydrogen-bond acceptors (Lipinski definition) is 6. The van der Waals surface area contributed by atoms with Gasteiger partial charge in [0.25, 0.3) is 0 Å². The minimum atomic E-state index is 0.207. The van der Waals surface area contributed by atoms with E-state index < -0.39 is 0 Å². The van der Waals surface area contributed by atoms with Gasteiger partial charge in [-0.2, -0.15) is 4.98 Å². The lowest BCUT2D eigenvalue weighted by atomic mass is 10.1. The molecule has 108 valence electrons. The fourth-order valence-electron chi connectivity index (χ4n) is 2.05. The van der Waals surface area contributed by atoms with Crippen LogP contribution in [0.5, 0.6) is 5.88 Å². The number of anilines is 1. The van der Waals surface area contributed by atoms with Gasteiger partial charge in [0.2, 0.25) is 11.8 Å². The molecule has 0 unspecified atom stereocenters. The molecule has 3 rings (SSSR count). The van der Waals surface area contributed by atoms with E-state index in [1.165, 1.54) is 4.88 Å². The molecule has 1 aromatic carbocycles. The van der Waals surface area contributed by atoms with Gasteiger partial charge in [0.05, 0.1) is 17.5 Å². The smallest absolute Gasteiger partial charge is 0.226 e. The number of benzene rings is 1. The van der Waals surface area contributed by atoms with Crippen LogP contribution in [0.4, 0.5) is 5.95 Å². The number of hydrogen-bond donors (Lipinski definition) is 1. The minimum absolute atomic E-state index is 0.207. The van der Waals surface area contributed by atoms with Gasteiger partial charge in [0.15, 0.2) is 0 Å². The highest BCUT2D eigenvalue weighted by Gasteiger charge is 2.09. The molecule has 2 heterocycles. The summed E-state index contributed by atoms with van der Waals surface area (Å²) in [6.07, 6.45) is 0. The lowest BCUT2D eigenvalue weighted by Gasteiger charge is -2.09. The standard InChI is InChI=1S/C15H15N3O2S/c1-19-6-7-20-14-11-9-10(13-3-2-8-21-13)4-5-12(11)17-15(16)18-14/h2-5,8-9H,6-7H2,1H3,(H2,16,17,18). The second-order valence-electron chi connectivity index (χ2n) is 4.44. The first-order chi connectivity index (χ1) is 10.3. The van der Waals surface area contributed by atoms with E-state index in [0.29, 0.717) is 19.1 Å². The molecule has 2 N–H and O–H groups in total. The van der Waals surface area contributed by atoms with Gasteiger partial charge in [0, 0.05) is 12.0 Å². The monoisotopic (exact) mass is 301 g/mol. The Kier molecular flexibility index (Phi) is 3.98. The number of nitrogens with zero attached hydrogens (tertiary/aromatic N) is 2. The third-order valence-corrected chi connectivity index (χ3v) is 3.93. The Bertz CT molecular complexity index is 744. The summed E-state index contributed by atoms with van der Waals surface area (Å²) in [4.78, 5) is 9.62. The summed E-state index contributed by atoms with van der Waals surface area (Å²) in [5, 5.41) is 2.90. The zero-order valence-electron chi connectivity index (χ0n) is 11.6. The molecule has 6 heteroatoms. The highest BCUT2D eigenvalue weighted by molar-refractivity contribution is 7.13. The van der Waals surface area contributed by atoms with Crippen LogP contribution in [0, 0.1) is 0 Å². The summed E-state index contributed by atoms with van der Waals surface area (Å²) < 4.78 is 10.7. The van der Waals surface area contributed by atoms with Gasteiger partial charge in [-0.25, -0.2) is 4.98 Å². The van der Waals surface area contributed by atoms with Crippen molar-refractivity contribution in [1.82, 2.24) is 9.97 Å². The van der Waals surface area contributed by atoms with Crippen LogP contribution in [0.15, 0.2) is 35.7 Å². The van der Waals surface area contributed by atoms with Crippen molar-refractivity contribution in [3.8, 4) is 16.3 Å². The molecular weight excluding hydrogens is 286 g/mol. The lowest BCUT2D eigenvalue weighted by molar-refractivity contribution is 0.144. The molecule has 0 bridgehead atoms. The van der Waals surface area contributed by atoms with E-state index in [2.05, 4.69) is 21.4 Å². The molecule has 3 aromatic rings. The van der Waals surface area contributed by atoms with Crippen molar-refractivity contribution >= 4 is 28.2 Å². The molecule has 0 aliphatic heterocycles. The average Bonchev–Trinajstić information content (AvgIpc) is 3.01. The maximum absolute atomic E-state index is 5.73. The number of ether oxygens (including phenoxy) is 2. The van der Waals surface area contributed by atoms with Crippen LogP contribution in [-0.2, 0) is 4.74 Å². The quantitative estimate of drug-likeness (QED) is 0.734. The topological polar surface area (TPSA) is 70.3 Å². The molecule has 2 aromatic heterocycles. The van der Waals surface area contributed by atoms with Crippen LogP contribution < -0.4 is 10.5 Å². The number of nitrogen functional groups attached to an aromatic ring is 1. The van der Waals surface area contributed by atoms with E-state index in [0.717, 1.165) is 16.5 Å². The number of rotatable bonds is 5. The first kappa shape index (κ1) is 13.8. The fourth-order valence-corrected chi connectivity index (χ4v) is 2.77. The molecule has 0 amide bonds. The molecule has 0 aliphatic carbocycles. The lowest BCUT2D eigenvalue weighted by Crippen LogP contribution is -2.07. The van der Waals surface area contributed by atoms with Crippen molar-refractivity contribution in [2.24, 2.45) is 0 Å². The molecule has 0 radical (unpaired) electrons. The minimum Gasteiger partial charge on any atom is -0.475 e. The van der Waals surface area contributed by atoms with Crippen molar-refractivity contribution in [3.05, 3.63) is 35.7 Å². The number of thiophene rings is 1. The second kappa shape index (κ2) is 6.07. The second-order valence-corrected chi connectivity index (χ2v) is 5.39. The molecule has 0 spiro atoms. The maximum atomic E-state index is 5.73. The molecule has 0 aliphatic rings. The predicted octanol–water partition coefficient (Wildman–Crippen LogP) is 2.97. The fraction of sp³-hybridized carbons (Fsp3) is 0.200. The van der Waals surface area contributed by atoms with Crippen molar-refractivity contribution < 1.29 is 9.47 Å². The SMILES string of the molecule is COCCOc1nc(N)nc2ccc(-c3cccs3)cc12. The third-order valence-electron chi connectivity index (χ3n) is 3.01. The Morgan fingerprint density at radius 3 is 2.86 bits per heavy atom. The molecule has 0 saturated heterocycles. The number of fused-ring (bicyclic) bond motifs is 1. The van der Waals surface area contributed by atoms with Gasteiger partial charge >= 0.3 is 0 Å². The number of aromatic nitrogens is 2. The van der Waals surface area contributed by atoms with E-state index in [-0.39, 0.29) is 5.95 Å². The van der Waals surface area contributed by atoms with Gasteiger partial charge in [0.1, 0.15) is 6.61 Å². The van der Waals surface area contributed by atoms with Gasteiger partial charge in [-0.15, -0.1) is 11.3 Å². The van der Waals surface area contributed by atoms with Gasteiger partial charge in [-0.1, -0.05) is 12.1 Å². The van der Waals surface area contributed by atoms with Crippen LogP contribution >= 0.6 is 11.3 Å². The summed E-state index contributed by atoms with van der Waals surface area (Å²) in [5.41, 5.74) is 7.62. The van der Waals surface area contributed by atoms with Crippen molar-refractivity contribution in [3.63, 3.8) is 0 Å². The van der Waals surface area contributed by atoms with Crippen LogP contribution in [0.25, 0.3) is 21.3 Å². The molecule has 0 atom stereocenters. The van der Waals surface area contributed by atoms with E-state index in [1.807, 2.05) is 24.3 Å². The Balaban J connectivity index is 2.05. The van der Waals surface area contributed by atoms with E-state index in [1.54, 1.807) is 18.4 Å². The molecule has 5 nitrogen and oxygen atoms in total. The normalized spacial score (nSPS) is 10.9. The van der Waals surface area contributed by atoms with Crippen LogP contribution in [0.2, 0.25) is 0 Å². The summed E-state index contributed by atoms with van der Waals surface area (Å²) in [5.74, 6) is 0.701. The van der Waals surface area contributed by atoms with Crippen molar-refractivity contribution in [2.45, 2.75) is 0 Å². The molecule has 0 fully saturated rings. The van der Waals surface area contributed by atoms with Gasteiger partial charge < -0.3 is 15.2 Å². The van der Waals surface area contributed by atoms with Crippen LogP contribution in [0.3, 0.4) is 0 Å². The van der Waals surface area contributed by atoms with E-state index in [9.17, 15) is 0 Å². The Morgan fingerprint density at radius 2 is 2.10 bits per heavy atom. The van der Waals surface area contributed by atoms with E-state index in [4.69, 9.17) is 15.2 Å². The first-order valence-corrected chi connectivity index (χ1v) is 7.39. The van der Waals surface area contributed by atoms with Crippen LogP contribution in [0.1, 0.15) is 0 Å². The molecule has 0 saturated carbocycles. The van der Waals surface area contributed by atoms with Crippen LogP contribution in [-0.4, -0.2) is 30.3 Å². The predicted molar refractivity (Wildman–Crippen MR) is 84.6 cm³/mol. The first-order valence-electron chi connectivity index (χ1n) is 6.51. The average molecular weight is 301 g/mol. The molecular formula is C15H15N3O2S. The highest BCUT2D eigenvalue weighted by atomic mass is 32.1. The summed E-state index contributed by atoms with van der Waals surface area (Å²) in [7, 11) is 1.63. The summed E-state index contributed by atoms with van der Waals surface area (Å²) in [6, 6.07) is 10.1. The summed E-state index contributed by atoms with van der Waals surface area (Å²) in [6.45, 7) is 0.918. The maximum Gasteiger partial charge on any atom is 0.226 e. The number of methoxy groups -OCH3 is 1. The highest BCUT2D eigenvalue weighted by Crippen LogP contribution is 2.31. The Labute approximate surface area is 126 Å². The third kappa shape index (κ3) is 2.96. The van der Waals surface area contributed by atoms with Gasteiger partial charge in [-0.3, -0.25) is 0 Å². The van der Waals surface area contributed by atoms with Crippen molar-refractivity contribution in [2.75, 3.05) is 26.1 Å². The van der Waals surface area contributed by atoms with Crippen molar-refractivity contribution in [1.29, 1.82) is 0 Å². The Hall–Kier alpha value is -2.18. The van der Waals surface area contributed by atoms with E-state index >= 15 is 0 Å². The number of nitrogens with two attached hydrogens (primary N) is 1.